The summed E-state index contributed by atoms with van der Waals surface area (Å²) in [5, 5.41) is 3.25. The van der Waals surface area contributed by atoms with Gasteiger partial charge in [-0.2, -0.15) is 0 Å². The molecule has 0 bridgehead atoms. The molecule has 1 unspecified atom stereocenters. The number of carbonyl (C=O) groups is 1. The molecule has 1 N–H and O–H groups in total. The van der Waals surface area contributed by atoms with Crippen molar-refractivity contribution >= 4 is 5.91 Å². The average molecular weight is 309 g/mol. The molecule has 5 nitrogen and oxygen atoms in total. The summed E-state index contributed by atoms with van der Waals surface area (Å²) in [5.41, 5.74) is 0. The Bertz CT molecular complexity index is 352. The Labute approximate surface area is 134 Å². The van der Waals surface area contributed by atoms with Crippen molar-refractivity contribution in [3.8, 4) is 0 Å². The van der Waals surface area contributed by atoms with Gasteiger partial charge in [0.05, 0.1) is 6.61 Å². The molecule has 1 amide bonds. The molecule has 1 saturated carbocycles. The number of ether oxygens (including phenoxy) is 1. The molecule has 0 aromatic heterocycles. The number of rotatable bonds is 3. The monoisotopic (exact) mass is 309 g/mol. The number of amides is 1. The highest BCUT2D eigenvalue weighted by molar-refractivity contribution is 5.81. The minimum Gasteiger partial charge on any atom is -0.366 e. The first kappa shape index (κ1) is 16.2. The van der Waals surface area contributed by atoms with E-state index in [0.29, 0.717) is 13.2 Å². The quantitative estimate of drug-likeness (QED) is 0.848. The average Bonchev–Trinajstić information content (AvgIpc) is 2.82. The highest BCUT2D eigenvalue weighted by Crippen LogP contribution is 2.24. The summed E-state index contributed by atoms with van der Waals surface area (Å²) in [6, 6.07) is 0. The van der Waals surface area contributed by atoms with Crippen LogP contribution < -0.4 is 5.32 Å². The predicted molar refractivity (Wildman–Crippen MR) is 86.8 cm³/mol. The lowest BCUT2D eigenvalue weighted by atomic mass is 9.89. The van der Waals surface area contributed by atoms with Crippen LogP contribution >= 0.6 is 0 Å². The molecule has 1 atom stereocenters. The first-order chi connectivity index (χ1) is 10.8. The van der Waals surface area contributed by atoms with E-state index in [-0.39, 0.29) is 12.0 Å². The van der Waals surface area contributed by atoms with Gasteiger partial charge < -0.3 is 19.9 Å². The van der Waals surface area contributed by atoms with Gasteiger partial charge in [-0.25, -0.2) is 0 Å². The molecule has 126 valence electrons. The number of carbonyl (C=O) groups excluding carboxylic acids is 1. The zero-order valence-corrected chi connectivity index (χ0v) is 13.8. The van der Waals surface area contributed by atoms with Crippen molar-refractivity contribution in [1.29, 1.82) is 0 Å². The topological polar surface area (TPSA) is 44.8 Å². The summed E-state index contributed by atoms with van der Waals surface area (Å²) in [6.07, 6.45) is 7.89. The molecule has 22 heavy (non-hydrogen) atoms. The smallest absolute Gasteiger partial charge is 0.253 e. The molecule has 2 aliphatic heterocycles. The third kappa shape index (κ3) is 4.43. The van der Waals surface area contributed by atoms with Crippen LogP contribution in [0.15, 0.2) is 0 Å². The standard InChI is InChI=1S/C17H31N3O2/c21-17(16-13-18-7-12-22-16)20-9-4-8-19(10-11-20)14-15-5-2-1-3-6-15/h15-16,18H,1-14H2. The van der Waals surface area contributed by atoms with E-state index in [9.17, 15) is 4.79 Å². The molecular formula is C17H31N3O2. The Morgan fingerprint density at radius 2 is 1.91 bits per heavy atom. The van der Waals surface area contributed by atoms with Gasteiger partial charge in [-0.05, 0) is 31.7 Å². The second-order valence-corrected chi connectivity index (χ2v) is 7.05. The fraction of sp³-hybridized carbons (Fsp3) is 0.941. The number of morpholine rings is 1. The van der Waals surface area contributed by atoms with E-state index in [2.05, 4.69) is 10.2 Å². The maximum absolute atomic E-state index is 12.5. The Morgan fingerprint density at radius 3 is 2.68 bits per heavy atom. The third-order valence-electron chi connectivity index (χ3n) is 5.34. The van der Waals surface area contributed by atoms with Gasteiger partial charge in [-0.3, -0.25) is 4.79 Å². The van der Waals surface area contributed by atoms with Crippen LogP contribution in [0, 0.1) is 5.92 Å². The van der Waals surface area contributed by atoms with Gasteiger partial charge in [0, 0.05) is 39.3 Å². The lowest BCUT2D eigenvalue weighted by molar-refractivity contribution is -0.145. The molecule has 3 aliphatic rings. The molecule has 1 aliphatic carbocycles. The second kappa shape index (κ2) is 8.27. The van der Waals surface area contributed by atoms with Crippen LogP contribution in [0.25, 0.3) is 0 Å². The Hall–Kier alpha value is -0.650. The SMILES string of the molecule is O=C(C1CNCCO1)N1CCCN(CC2CCCCC2)CC1. The van der Waals surface area contributed by atoms with E-state index >= 15 is 0 Å². The summed E-state index contributed by atoms with van der Waals surface area (Å²) in [6.45, 7) is 7.35. The van der Waals surface area contributed by atoms with Gasteiger partial charge in [-0.1, -0.05) is 19.3 Å². The largest absolute Gasteiger partial charge is 0.366 e. The van der Waals surface area contributed by atoms with Gasteiger partial charge in [0.2, 0.25) is 0 Å². The minimum absolute atomic E-state index is 0.187. The van der Waals surface area contributed by atoms with Crippen LogP contribution in [0.1, 0.15) is 38.5 Å². The first-order valence-corrected chi connectivity index (χ1v) is 9.16. The molecule has 0 aromatic carbocycles. The van der Waals surface area contributed by atoms with E-state index in [4.69, 9.17) is 4.74 Å². The van der Waals surface area contributed by atoms with Crippen molar-refractivity contribution in [2.24, 2.45) is 5.92 Å². The molecule has 5 heteroatoms. The van der Waals surface area contributed by atoms with Crippen molar-refractivity contribution in [3.05, 3.63) is 0 Å². The van der Waals surface area contributed by atoms with Crippen LogP contribution in [-0.4, -0.2) is 74.2 Å². The molecule has 0 spiro atoms. The highest BCUT2D eigenvalue weighted by atomic mass is 16.5. The third-order valence-corrected chi connectivity index (χ3v) is 5.34. The molecule has 0 aromatic rings. The van der Waals surface area contributed by atoms with Gasteiger partial charge >= 0.3 is 0 Å². The van der Waals surface area contributed by atoms with Crippen molar-refractivity contribution in [2.45, 2.75) is 44.6 Å². The fourth-order valence-corrected chi connectivity index (χ4v) is 4.04. The summed E-state index contributed by atoms with van der Waals surface area (Å²) in [5.74, 6) is 1.08. The fourth-order valence-electron chi connectivity index (χ4n) is 4.04. The van der Waals surface area contributed by atoms with Gasteiger partial charge in [0.25, 0.3) is 5.91 Å². The molecule has 2 heterocycles. The lowest BCUT2D eigenvalue weighted by Crippen LogP contribution is -2.50. The van der Waals surface area contributed by atoms with Crippen molar-refractivity contribution in [3.63, 3.8) is 0 Å². The lowest BCUT2D eigenvalue weighted by Gasteiger charge is -2.30. The van der Waals surface area contributed by atoms with Crippen molar-refractivity contribution < 1.29 is 9.53 Å². The molecule has 3 fully saturated rings. The Morgan fingerprint density at radius 1 is 1.05 bits per heavy atom. The van der Waals surface area contributed by atoms with E-state index in [1.54, 1.807) is 0 Å². The van der Waals surface area contributed by atoms with Crippen LogP contribution in [0.4, 0.5) is 0 Å². The number of nitrogens with one attached hydrogen (secondary N) is 1. The van der Waals surface area contributed by atoms with E-state index in [0.717, 1.165) is 45.1 Å². The summed E-state index contributed by atoms with van der Waals surface area (Å²) in [4.78, 5) is 17.2. The predicted octanol–water partition coefficient (Wildman–Crippen LogP) is 1.09. The number of nitrogens with zero attached hydrogens (tertiary/aromatic N) is 2. The van der Waals surface area contributed by atoms with Crippen molar-refractivity contribution in [2.75, 3.05) is 52.4 Å². The molecule has 0 radical (unpaired) electrons. The van der Waals surface area contributed by atoms with Gasteiger partial charge in [0.1, 0.15) is 6.10 Å². The number of hydrogen-bond acceptors (Lipinski definition) is 4. The Kier molecular flexibility index (Phi) is 6.10. The molecule has 2 saturated heterocycles. The zero-order chi connectivity index (χ0) is 15.2. The normalized spacial score (nSPS) is 29.3. The molecular weight excluding hydrogens is 278 g/mol. The number of hydrogen-bond donors (Lipinski definition) is 1. The zero-order valence-electron chi connectivity index (χ0n) is 13.8. The Balaban J connectivity index is 1.45. The minimum atomic E-state index is -0.265. The van der Waals surface area contributed by atoms with Crippen molar-refractivity contribution in [1.82, 2.24) is 15.1 Å². The van der Waals surface area contributed by atoms with Gasteiger partial charge in [-0.15, -0.1) is 0 Å². The van der Waals surface area contributed by atoms with Gasteiger partial charge in [0.15, 0.2) is 0 Å². The van der Waals surface area contributed by atoms with Crippen LogP contribution in [0.5, 0.6) is 0 Å². The summed E-state index contributed by atoms with van der Waals surface area (Å²) in [7, 11) is 0. The van der Waals surface area contributed by atoms with Crippen LogP contribution in [0.2, 0.25) is 0 Å². The summed E-state index contributed by atoms with van der Waals surface area (Å²) >= 11 is 0. The second-order valence-electron chi connectivity index (χ2n) is 7.05. The van der Waals surface area contributed by atoms with Crippen LogP contribution in [-0.2, 0) is 9.53 Å². The van der Waals surface area contributed by atoms with Crippen LogP contribution in [0.3, 0.4) is 0 Å². The highest BCUT2D eigenvalue weighted by Gasteiger charge is 2.28. The van der Waals surface area contributed by atoms with E-state index < -0.39 is 0 Å². The maximum Gasteiger partial charge on any atom is 0.253 e. The maximum atomic E-state index is 12.5. The molecule has 3 rings (SSSR count). The van der Waals surface area contributed by atoms with E-state index in [1.807, 2.05) is 4.90 Å². The first-order valence-electron chi connectivity index (χ1n) is 9.16. The van der Waals surface area contributed by atoms with E-state index in [1.165, 1.54) is 38.6 Å². The summed E-state index contributed by atoms with van der Waals surface area (Å²) < 4.78 is 5.61.